The van der Waals surface area contributed by atoms with Gasteiger partial charge in [0, 0.05) is 33.2 Å². The Kier molecular flexibility index (Phi) is 5.20. The van der Waals surface area contributed by atoms with Gasteiger partial charge >= 0.3 is 0 Å². The summed E-state index contributed by atoms with van der Waals surface area (Å²) in [7, 11) is 1.86. The van der Waals surface area contributed by atoms with E-state index in [-0.39, 0.29) is 5.91 Å². The molecule has 8 heteroatoms. The molecule has 27 heavy (non-hydrogen) atoms. The predicted molar refractivity (Wildman–Crippen MR) is 106 cm³/mol. The number of hydrogen-bond donors (Lipinski definition) is 1. The molecule has 142 valence electrons. The molecule has 3 aromatic rings. The van der Waals surface area contributed by atoms with Crippen molar-refractivity contribution < 1.29 is 9.53 Å². The van der Waals surface area contributed by atoms with Crippen molar-refractivity contribution in [3.63, 3.8) is 0 Å². The topological polar surface area (TPSA) is 72.3 Å². The Morgan fingerprint density at radius 2 is 2.19 bits per heavy atom. The second-order valence-corrected chi connectivity index (χ2v) is 7.60. The van der Waals surface area contributed by atoms with Gasteiger partial charge in [-0.05, 0) is 24.4 Å². The van der Waals surface area contributed by atoms with Crippen molar-refractivity contribution >= 4 is 28.3 Å². The zero-order chi connectivity index (χ0) is 18.8. The number of rotatable bonds is 5. The smallest absolute Gasteiger partial charge is 0.252 e. The monoisotopic (exact) mass is 385 g/mol. The largest absolute Gasteiger partial charge is 0.379 e. The first-order valence-electron chi connectivity index (χ1n) is 9.10. The molecule has 1 amide bonds. The van der Waals surface area contributed by atoms with Crippen LogP contribution in [-0.2, 0) is 11.8 Å². The molecule has 7 nitrogen and oxygen atoms in total. The second-order valence-electron chi connectivity index (χ2n) is 6.65. The number of thiophene rings is 1. The number of fused-ring (bicyclic) bond motifs is 1. The van der Waals surface area contributed by atoms with E-state index in [2.05, 4.69) is 15.3 Å². The van der Waals surface area contributed by atoms with Crippen molar-refractivity contribution in [3.05, 3.63) is 34.8 Å². The molecular weight excluding hydrogens is 362 g/mol. The van der Waals surface area contributed by atoms with Crippen molar-refractivity contribution in [3.8, 4) is 10.6 Å². The van der Waals surface area contributed by atoms with E-state index in [4.69, 9.17) is 9.72 Å². The highest BCUT2D eigenvalue weighted by atomic mass is 32.1. The maximum absolute atomic E-state index is 13.0. The minimum atomic E-state index is -0.0791. The lowest BCUT2D eigenvalue weighted by Crippen LogP contribution is -2.41. The van der Waals surface area contributed by atoms with Gasteiger partial charge in [-0.1, -0.05) is 6.07 Å². The fourth-order valence-electron chi connectivity index (χ4n) is 3.42. The fraction of sp³-hybridized carbons (Fsp3) is 0.421. The van der Waals surface area contributed by atoms with E-state index in [0.29, 0.717) is 12.1 Å². The number of amides is 1. The van der Waals surface area contributed by atoms with Gasteiger partial charge < -0.3 is 10.1 Å². The number of pyridine rings is 1. The Hall–Kier alpha value is -2.29. The van der Waals surface area contributed by atoms with Gasteiger partial charge in [0.15, 0.2) is 5.65 Å². The van der Waals surface area contributed by atoms with Crippen LogP contribution < -0.4 is 5.32 Å². The third-order valence-electron chi connectivity index (χ3n) is 4.80. The minimum Gasteiger partial charge on any atom is -0.379 e. The average molecular weight is 385 g/mol. The molecule has 1 aliphatic heterocycles. The number of aromatic nitrogens is 3. The third kappa shape index (κ3) is 3.73. The van der Waals surface area contributed by atoms with Gasteiger partial charge in [0.2, 0.25) is 0 Å². The van der Waals surface area contributed by atoms with E-state index in [0.717, 1.165) is 60.1 Å². The number of nitrogens with one attached hydrogen (secondary N) is 1. The van der Waals surface area contributed by atoms with E-state index in [1.54, 1.807) is 16.0 Å². The summed E-state index contributed by atoms with van der Waals surface area (Å²) in [6, 6.07) is 5.89. The molecular formula is C19H23N5O2S. The van der Waals surface area contributed by atoms with Crippen LogP contribution in [0.15, 0.2) is 23.6 Å². The molecule has 4 rings (SSSR count). The van der Waals surface area contributed by atoms with E-state index >= 15 is 0 Å². The Bertz CT molecular complexity index is 945. The number of ether oxygens (including phenoxy) is 1. The van der Waals surface area contributed by atoms with Crippen LogP contribution in [0.3, 0.4) is 0 Å². The van der Waals surface area contributed by atoms with Crippen LogP contribution in [0.4, 0.5) is 0 Å². The second kappa shape index (κ2) is 7.75. The summed E-state index contributed by atoms with van der Waals surface area (Å²) >= 11 is 1.61. The lowest BCUT2D eigenvalue weighted by atomic mass is 10.1. The van der Waals surface area contributed by atoms with Gasteiger partial charge in [-0.25, -0.2) is 4.98 Å². The highest BCUT2D eigenvalue weighted by Crippen LogP contribution is 2.29. The first kappa shape index (κ1) is 18.1. The molecule has 0 saturated carbocycles. The Balaban J connectivity index is 1.60. The van der Waals surface area contributed by atoms with Crippen LogP contribution >= 0.6 is 11.3 Å². The Labute approximate surface area is 162 Å². The van der Waals surface area contributed by atoms with Crippen LogP contribution in [0, 0.1) is 6.92 Å². The summed E-state index contributed by atoms with van der Waals surface area (Å²) < 4.78 is 7.11. The molecule has 0 aromatic carbocycles. The summed E-state index contributed by atoms with van der Waals surface area (Å²) in [4.78, 5) is 21.1. The highest BCUT2D eigenvalue weighted by Gasteiger charge is 2.19. The van der Waals surface area contributed by atoms with Gasteiger partial charge in [0.05, 0.1) is 40.4 Å². The quantitative estimate of drug-likeness (QED) is 0.728. The molecule has 1 aliphatic rings. The summed E-state index contributed by atoms with van der Waals surface area (Å²) in [5.41, 5.74) is 2.99. The molecule has 0 radical (unpaired) electrons. The molecule has 0 atom stereocenters. The van der Waals surface area contributed by atoms with Crippen molar-refractivity contribution in [2.75, 3.05) is 39.4 Å². The number of carbonyl (C=O) groups excluding carboxylic acids is 1. The van der Waals surface area contributed by atoms with Crippen molar-refractivity contribution in [2.45, 2.75) is 6.92 Å². The highest BCUT2D eigenvalue weighted by molar-refractivity contribution is 7.13. The van der Waals surface area contributed by atoms with Gasteiger partial charge in [-0.2, -0.15) is 5.10 Å². The fourth-order valence-corrected chi connectivity index (χ4v) is 4.11. The van der Waals surface area contributed by atoms with Crippen LogP contribution in [0.2, 0.25) is 0 Å². The third-order valence-corrected chi connectivity index (χ3v) is 5.70. The minimum absolute atomic E-state index is 0.0791. The van der Waals surface area contributed by atoms with E-state index in [9.17, 15) is 4.79 Å². The van der Waals surface area contributed by atoms with E-state index in [1.807, 2.05) is 37.6 Å². The number of nitrogens with zero attached hydrogens (tertiary/aromatic N) is 4. The lowest BCUT2D eigenvalue weighted by Gasteiger charge is -2.26. The van der Waals surface area contributed by atoms with Gasteiger partial charge in [-0.3, -0.25) is 14.4 Å². The summed E-state index contributed by atoms with van der Waals surface area (Å²) in [5.74, 6) is -0.0791. The first-order valence-corrected chi connectivity index (χ1v) is 9.98. The van der Waals surface area contributed by atoms with Crippen molar-refractivity contribution in [1.29, 1.82) is 0 Å². The maximum atomic E-state index is 13.0. The normalized spacial score (nSPS) is 15.3. The molecule has 1 fully saturated rings. The van der Waals surface area contributed by atoms with E-state index < -0.39 is 0 Å². The van der Waals surface area contributed by atoms with E-state index in [1.165, 1.54) is 0 Å². The lowest BCUT2D eigenvalue weighted by molar-refractivity contribution is 0.0383. The first-order chi connectivity index (χ1) is 13.1. The molecule has 0 unspecified atom stereocenters. The SMILES string of the molecule is Cc1nn(C)c2nc(-c3cccs3)cc(C(=O)NCCN3CCOCC3)c12. The van der Waals surface area contributed by atoms with Gasteiger partial charge in [0.1, 0.15) is 0 Å². The molecule has 4 heterocycles. The number of carbonyl (C=O) groups is 1. The molecule has 1 saturated heterocycles. The van der Waals surface area contributed by atoms with Crippen molar-refractivity contribution in [1.82, 2.24) is 25.0 Å². The standard InChI is InChI=1S/C19H23N5O2S/c1-13-17-14(19(25)20-5-6-24-7-9-26-10-8-24)12-15(16-4-3-11-27-16)21-18(17)23(2)22-13/h3-4,11-12H,5-10H2,1-2H3,(H,20,25). The molecule has 0 bridgehead atoms. The molecule has 3 aromatic heterocycles. The molecule has 0 spiro atoms. The van der Waals surface area contributed by atoms with Crippen LogP contribution in [0.25, 0.3) is 21.6 Å². The molecule has 1 N–H and O–H groups in total. The Morgan fingerprint density at radius 1 is 1.37 bits per heavy atom. The summed E-state index contributed by atoms with van der Waals surface area (Å²) in [5, 5.41) is 10.4. The zero-order valence-electron chi connectivity index (χ0n) is 15.6. The summed E-state index contributed by atoms with van der Waals surface area (Å²) in [6.07, 6.45) is 0. The average Bonchev–Trinajstić information content (AvgIpc) is 3.31. The van der Waals surface area contributed by atoms with Crippen LogP contribution in [0.5, 0.6) is 0 Å². The van der Waals surface area contributed by atoms with Crippen LogP contribution in [0.1, 0.15) is 16.1 Å². The number of aryl methyl sites for hydroxylation is 2. The zero-order valence-corrected chi connectivity index (χ0v) is 16.4. The van der Waals surface area contributed by atoms with Crippen molar-refractivity contribution in [2.24, 2.45) is 7.05 Å². The van der Waals surface area contributed by atoms with Crippen LogP contribution in [-0.4, -0.2) is 65.0 Å². The number of morpholine rings is 1. The van der Waals surface area contributed by atoms with Gasteiger partial charge in [-0.15, -0.1) is 11.3 Å². The predicted octanol–water partition coefficient (Wildman–Crippen LogP) is 2.07. The molecule has 0 aliphatic carbocycles. The maximum Gasteiger partial charge on any atom is 0.252 e. The Morgan fingerprint density at radius 3 is 2.93 bits per heavy atom. The summed E-state index contributed by atoms with van der Waals surface area (Å²) in [6.45, 7) is 6.71. The number of hydrogen-bond acceptors (Lipinski definition) is 6. The van der Waals surface area contributed by atoms with Gasteiger partial charge in [0.25, 0.3) is 5.91 Å².